The zero-order valence-electron chi connectivity index (χ0n) is 17.7. The van der Waals surface area contributed by atoms with E-state index in [1.165, 1.54) is 9.80 Å². The summed E-state index contributed by atoms with van der Waals surface area (Å²) in [4.78, 5) is 31.8. The molecule has 0 aliphatic carbocycles. The number of piperidine rings is 2. The van der Waals surface area contributed by atoms with Crippen LogP contribution >= 0.6 is 0 Å². The van der Waals surface area contributed by atoms with Crippen LogP contribution < -0.4 is 14.7 Å². The van der Waals surface area contributed by atoms with Gasteiger partial charge in [0.25, 0.3) is 0 Å². The quantitative estimate of drug-likeness (QED) is 0.760. The largest absolute Gasteiger partial charge is 0.307 e. The molecule has 30 heavy (non-hydrogen) atoms. The SMILES string of the molecule is CC12C[NH+]3CC(C)(C[NH+](C1)C3[C@H]1C(=O)N(Cc3ccccc3)c3ccccc31)C2=O. The van der Waals surface area contributed by atoms with Crippen LogP contribution in [0.15, 0.2) is 54.6 Å². The van der Waals surface area contributed by atoms with Crippen molar-refractivity contribution >= 4 is 17.4 Å². The molecular formula is C25H29N3O2+2. The van der Waals surface area contributed by atoms with Crippen LogP contribution in [0.2, 0.25) is 0 Å². The van der Waals surface area contributed by atoms with Crippen LogP contribution in [0.3, 0.4) is 0 Å². The number of carbonyl (C=O) groups excluding carboxylic acids is 2. The van der Waals surface area contributed by atoms with Gasteiger partial charge in [-0.05, 0) is 25.5 Å². The number of rotatable bonds is 3. The van der Waals surface area contributed by atoms with Gasteiger partial charge in [-0.3, -0.25) is 19.4 Å². The van der Waals surface area contributed by atoms with Gasteiger partial charge in [-0.25, -0.2) is 0 Å². The number of nitrogens with zero attached hydrogens (tertiary/aromatic N) is 1. The first-order valence-corrected chi connectivity index (χ1v) is 11.1. The lowest BCUT2D eigenvalue weighted by atomic mass is 9.61. The van der Waals surface area contributed by atoms with Crippen molar-refractivity contribution in [2.45, 2.75) is 32.5 Å². The Balaban J connectivity index is 1.38. The molecule has 2 aromatic carbocycles. The molecular weight excluding hydrogens is 374 g/mol. The number of fused-ring (bicyclic) bond motifs is 1. The molecule has 5 aliphatic rings. The Bertz CT molecular complexity index is 1010. The Morgan fingerprint density at radius 1 is 0.867 bits per heavy atom. The van der Waals surface area contributed by atoms with E-state index in [-0.39, 0.29) is 28.8 Å². The first-order valence-electron chi connectivity index (χ1n) is 11.1. The van der Waals surface area contributed by atoms with Crippen LogP contribution in [0.1, 0.15) is 30.9 Å². The zero-order chi connectivity index (χ0) is 20.7. The minimum absolute atomic E-state index is 0.128. The van der Waals surface area contributed by atoms with Crippen molar-refractivity contribution in [1.29, 1.82) is 0 Å². The van der Waals surface area contributed by atoms with Gasteiger partial charge in [0.15, 0.2) is 11.7 Å². The average molecular weight is 404 g/mol. The highest BCUT2D eigenvalue weighted by Crippen LogP contribution is 2.41. The number of hydrogen-bond acceptors (Lipinski definition) is 2. The van der Waals surface area contributed by atoms with Gasteiger partial charge in [-0.2, -0.15) is 0 Å². The monoisotopic (exact) mass is 403 g/mol. The number of amides is 1. The van der Waals surface area contributed by atoms with E-state index in [0.29, 0.717) is 12.3 Å². The van der Waals surface area contributed by atoms with Crippen LogP contribution in [0.4, 0.5) is 5.69 Å². The minimum atomic E-state index is -0.239. The molecule has 7 rings (SSSR count). The number of hydrogen-bond donors (Lipinski definition) is 2. The molecule has 2 N–H and O–H groups in total. The predicted octanol–water partition coefficient (Wildman–Crippen LogP) is 0.0354. The van der Waals surface area contributed by atoms with Gasteiger partial charge in [-0.15, -0.1) is 0 Å². The molecule has 0 unspecified atom stereocenters. The Hall–Kier alpha value is -2.50. The summed E-state index contributed by atoms with van der Waals surface area (Å²) in [5.74, 6) is 0.543. The molecule has 1 atom stereocenters. The summed E-state index contributed by atoms with van der Waals surface area (Å²) in [6.45, 7) is 8.35. The van der Waals surface area contributed by atoms with Crippen molar-refractivity contribution in [2.24, 2.45) is 10.8 Å². The summed E-state index contributed by atoms with van der Waals surface area (Å²) in [6.07, 6.45) is 0.202. The molecule has 2 aromatic rings. The van der Waals surface area contributed by atoms with Crippen LogP contribution in [0.5, 0.6) is 0 Å². The molecule has 4 fully saturated rings. The number of quaternary nitrogens is 2. The summed E-state index contributed by atoms with van der Waals surface area (Å²) >= 11 is 0. The van der Waals surface area contributed by atoms with E-state index < -0.39 is 0 Å². The lowest BCUT2D eigenvalue weighted by molar-refractivity contribution is -1.17. The van der Waals surface area contributed by atoms with E-state index in [1.54, 1.807) is 0 Å². The van der Waals surface area contributed by atoms with Crippen molar-refractivity contribution in [3.63, 3.8) is 0 Å². The molecule has 4 saturated heterocycles. The van der Waals surface area contributed by atoms with Gasteiger partial charge in [0.2, 0.25) is 12.1 Å². The summed E-state index contributed by atoms with van der Waals surface area (Å²) in [7, 11) is 0. The second kappa shape index (κ2) is 6.02. The highest BCUT2D eigenvalue weighted by Gasteiger charge is 2.70. The van der Waals surface area contributed by atoms with Crippen molar-refractivity contribution in [2.75, 3.05) is 31.1 Å². The fourth-order valence-electron chi connectivity index (χ4n) is 7.17. The first kappa shape index (κ1) is 18.3. The summed E-state index contributed by atoms with van der Waals surface area (Å²) < 4.78 is 0. The Morgan fingerprint density at radius 2 is 1.43 bits per heavy atom. The molecule has 5 aliphatic heterocycles. The molecule has 4 bridgehead atoms. The Kier molecular flexibility index (Phi) is 3.67. The van der Waals surface area contributed by atoms with E-state index in [2.05, 4.69) is 44.2 Å². The topological polar surface area (TPSA) is 46.3 Å². The summed E-state index contributed by atoms with van der Waals surface area (Å²) in [5.41, 5.74) is 2.89. The van der Waals surface area contributed by atoms with Gasteiger partial charge in [0.05, 0.1) is 32.7 Å². The number of nitrogens with one attached hydrogen (secondary N) is 2. The lowest BCUT2D eigenvalue weighted by Gasteiger charge is -2.59. The Morgan fingerprint density at radius 3 is 2.07 bits per heavy atom. The number of para-hydroxylation sites is 1. The van der Waals surface area contributed by atoms with E-state index in [1.807, 2.05) is 29.2 Å². The minimum Gasteiger partial charge on any atom is -0.307 e. The third-order valence-corrected chi connectivity index (χ3v) is 8.06. The smallest absolute Gasteiger partial charge is 0.247 e. The van der Waals surface area contributed by atoms with Crippen LogP contribution in [0, 0.1) is 10.8 Å². The lowest BCUT2D eigenvalue weighted by Crippen LogP contribution is -3.45. The van der Waals surface area contributed by atoms with Crippen molar-refractivity contribution in [1.82, 2.24) is 0 Å². The van der Waals surface area contributed by atoms with Gasteiger partial charge in [0.1, 0.15) is 10.8 Å². The zero-order valence-corrected chi connectivity index (χ0v) is 17.7. The molecule has 0 saturated carbocycles. The van der Waals surface area contributed by atoms with Gasteiger partial charge < -0.3 is 4.90 Å². The number of benzene rings is 2. The maximum Gasteiger partial charge on any atom is 0.247 e. The van der Waals surface area contributed by atoms with E-state index >= 15 is 0 Å². The molecule has 0 spiro atoms. The number of ketones is 1. The van der Waals surface area contributed by atoms with E-state index in [4.69, 9.17) is 0 Å². The second-order valence-electron chi connectivity index (χ2n) is 10.4. The van der Waals surface area contributed by atoms with Crippen LogP contribution in [-0.4, -0.2) is 44.0 Å². The van der Waals surface area contributed by atoms with Crippen LogP contribution in [-0.2, 0) is 16.1 Å². The average Bonchev–Trinajstić information content (AvgIpc) is 2.98. The van der Waals surface area contributed by atoms with Gasteiger partial charge >= 0.3 is 0 Å². The van der Waals surface area contributed by atoms with Gasteiger partial charge in [0, 0.05) is 11.3 Å². The van der Waals surface area contributed by atoms with E-state index in [9.17, 15) is 9.59 Å². The molecule has 1 amide bonds. The maximum absolute atomic E-state index is 13.8. The fraction of sp³-hybridized carbons (Fsp3) is 0.440. The van der Waals surface area contributed by atoms with Gasteiger partial charge in [-0.1, -0.05) is 48.5 Å². The maximum atomic E-state index is 13.8. The molecule has 5 heteroatoms. The van der Waals surface area contributed by atoms with E-state index in [0.717, 1.165) is 43.0 Å². The first-order chi connectivity index (χ1) is 14.4. The van der Waals surface area contributed by atoms with Crippen LogP contribution in [0.25, 0.3) is 0 Å². The normalized spacial score (nSPS) is 38.9. The number of anilines is 1. The van der Waals surface area contributed by atoms with Crippen molar-refractivity contribution < 1.29 is 19.4 Å². The summed E-state index contributed by atoms with van der Waals surface area (Å²) in [6, 6.07) is 18.6. The molecule has 5 heterocycles. The fourth-order valence-corrected chi connectivity index (χ4v) is 7.17. The molecule has 0 aromatic heterocycles. The molecule has 5 nitrogen and oxygen atoms in total. The molecule has 0 radical (unpaired) electrons. The highest BCUT2D eigenvalue weighted by atomic mass is 16.2. The van der Waals surface area contributed by atoms with Crippen molar-refractivity contribution in [3.05, 3.63) is 65.7 Å². The third-order valence-electron chi connectivity index (χ3n) is 8.06. The second-order valence-corrected chi connectivity index (χ2v) is 10.4. The number of carbonyl (C=O) groups is 2. The molecule has 154 valence electrons. The highest BCUT2D eigenvalue weighted by molar-refractivity contribution is 6.05. The summed E-state index contributed by atoms with van der Waals surface area (Å²) in [5, 5.41) is 0. The standard InChI is InChI=1S/C25H27N3O2/c1-24-13-26-15-25(2,23(24)30)16-27(14-24)21(26)20-18-10-6-7-11-19(18)28(22(20)29)12-17-8-4-3-5-9-17/h3-11,20-21H,12-16H2,1-2H3/p+2/t20-,21?,24?,25?/m0/s1. The number of Topliss-reactive ketones (excluding diaryl/α,β-unsaturated/α-hetero) is 1. The van der Waals surface area contributed by atoms with Crippen molar-refractivity contribution in [3.8, 4) is 0 Å². The predicted molar refractivity (Wildman–Crippen MR) is 113 cm³/mol. The third kappa shape index (κ3) is 2.36. The Labute approximate surface area is 177 Å².